The number of hydrogen-bond donors (Lipinski definition) is 1. The summed E-state index contributed by atoms with van der Waals surface area (Å²) in [6.07, 6.45) is 7.74. The highest BCUT2D eigenvalue weighted by molar-refractivity contribution is 9.10. The third kappa shape index (κ3) is 6.06. The van der Waals surface area contributed by atoms with E-state index in [4.69, 9.17) is 0 Å². The van der Waals surface area contributed by atoms with Crippen molar-refractivity contribution in [3.05, 3.63) is 28.5 Å². The molecular formula is C14H21BrFN. The van der Waals surface area contributed by atoms with Gasteiger partial charge in [0, 0.05) is 16.7 Å². The molecule has 0 radical (unpaired) electrons. The fourth-order valence-electron chi connectivity index (χ4n) is 1.76. The van der Waals surface area contributed by atoms with Crippen molar-refractivity contribution in [2.75, 3.05) is 11.9 Å². The summed E-state index contributed by atoms with van der Waals surface area (Å²) < 4.78 is 13.6. The van der Waals surface area contributed by atoms with Crippen molar-refractivity contribution in [2.45, 2.75) is 45.4 Å². The third-order valence-electron chi connectivity index (χ3n) is 2.78. The van der Waals surface area contributed by atoms with Crippen molar-refractivity contribution in [3.8, 4) is 0 Å². The molecule has 0 saturated carbocycles. The lowest BCUT2D eigenvalue weighted by atomic mass is 10.1. The SMILES string of the molecule is CCCCCCCCNc1ccc(F)cc1Br. The van der Waals surface area contributed by atoms with Gasteiger partial charge in [-0.25, -0.2) is 4.39 Å². The number of halogens is 2. The van der Waals surface area contributed by atoms with Crippen molar-refractivity contribution >= 4 is 21.6 Å². The van der Waals surface area contributed by atoms with E-state index in [-0.39, 0.29) is 5.82 Å². The second-order valence-corrected chi connectivity index (χ2v) is 5.17. The first-order valence-electron chi connectivity index (χ1n) is 6.43. The van der Waals surface area contributed by atoms with E-state index in [0.29, 0.717) is 0 Å². The molecule has 0 aliphatic heterocycles. The molecule has 96 valence electrons. The summed E-state index contributed by atoms with van der Waals surface area (Å²) in [7, 11) is 0. The summed E-state index contributed by atoms with van der Waals surface area (Å²) in [6, 6.07) is 4.74. The fourth-order valence-corrected chi connectivity index (χ4v) is 2.25. The molecule has 0 fully saturated rings. The van der Waals surface area contributed by atoms with Crippen LogP contribution < -0.4 is 5.32 Å². The number of hydrogen-bond acceptors (Lipinski definition) is 1. The van der Waals surface area contributed by atoms with Gasteiger partial charge >= 0.3 is 0 Å². The lowest BCUT2D eigenvalue weighted by Gasteiger charge is -2.08. The summed E-state index contributed by atoms with van der Waals surface area (Å²) >= 11 is 3.35. The number of nitrogens with one attached hydrogen (secondary N) is 1. The van der Waals surface area contributed by atoms with Crippen LogP contribution in [0.1, 0.15) is 45.4 Å². The average molecular weight is 302 g/mol. The molecule has 0 aromatic heterocycles. The molecule has 1 aromatic carbocycles. The van der Waals surface area contributed by atoms with Crippen molar-refractivity contribution in [1.29, 1.82) is 0 Å². The van der Waals surface area contributed by atoms with E-state index in [1.54, 1.807) is 6.07 Å². The van der Waals surface area contributed by atoms with Crippen molar-refractivity contribution < 1.29 is 4.39 Å². The molecule has 0 bridgehead atoms. The molecule has 0 atom stereocenters. The smallest absolute Gasteiger partial charge is 0.124 e. The van der Waals surface area contributed by atoms with Gasteiger partial charge in [-0.1, -0.05) is 39.0 Å². The second kappa shape index (κ2) is 8.51. The normalized spacial score (nSPS) is 10.5. The Kier molecular flexibility index (Phi) is 7.25. The minimum atomic E-state index is -0.206. The molecule has 0 spiro atoms. The number of unbranched alkanes of at least 4 members (excludes halogenated alkanes) is 5. The van der Waals surface area contributed by atoms with Gasteiger partial charge in [0.15, 0.2) is 0 Å². The Hall–Kier alpha value is -0.570. The van der Waals surface area contributed by atoms with Gasteiger partial charge in [-0.05, 0) is 40.5 Å². The Balaban J connectivity index is 2.14. The zero-order valence-corrected chi connectivity index (χ0v) is 12.0. The van der Waals surface area contributed by atoms with Crippen LogP contribution in [0.15, 0.2) is 22.7 Å². The minimum absolute atomic E-state index is 0.206. The third-order valence-corrected chi connectivity index (χ3v) is 3.43. The van der Waals surface area contributed by atoms with Gasteiger partial charge in [-0.3, -0.25) is 0 Å². The first-order chi connectivity index (χ1) is 8.24. The van der Waals surface area contributed by atoms with Gasteiger partial charge in [0.25, 0.3) is 0 Å². The highest BCUT2D eigenvalue weighted by Gasteiger charge is 2.00. The van der Waals surface area contributed by atoms with Crippen LogP contribution in [-0.2, 0) is 0 Å². The van der Waals surface area contributed by atoms with Gasteiger partial charge in [-0.2, -0.15) is 0 Å². The van der Waals surface area contributed by atoms with Crippen LogP contribution in [0.5, 0.6) is 0 Å². The first kappa shape index (κ1) is 14.5. The van der Waals surface area contributed by atoms with Crippen LogP contribution in [0, 0.1) is 5.82 Å². The largest absolute Gasteiger partial charge is 0.384 e. The van der Waals surface area contributed by atoms with Crippen LogP contribution >= 0.6 is 15.9 Å². The average Bonchev–Trinajstić information content (AvgIpc) is 2.30. The predicted octanol–water partition coefficient (Wildman–Crippen LogP) is 5.36. The Morgan fingerprint density at radius 3 is 2.53 bits per heavy atom. The Morgan fingerprint density at radius 1 is 1.12 bits per heavy atom. The molecule has 0 heterocycles. The Bertz CT molecular complexity index is 328. The van der Waals surface area contributed by atoms with E-state index < -0.39 is 0 Å². The maximum Gasteiger partial charge on any atom is 0.124 e. The van der Waals surface area contributed by atoms with Crippen molar-refractivity contribution in [1.82, 2.24) is 0 Å². The molecule has 0 aliphatic carbocycles. The molecule has 3 heteroatoms. The lowest BCUT2D eigenvalue weighted by Crippen LogP contribution is -2.02. The quantitative estimate of drug-likeness (QED) is 0.637. The summed E-state index contributed by atoms with van der Waals surface area (Å²) in [6.45, 7) is 3.18. The molecule has 0 saturated heterocycles. The summed E-state index contributed by atoms with van der Waals surface area (Å²) in [5.74, 6) is -0.206. The highest BCUT2D eigenvalue weighted by Crippen LogP contribution is 2.23. The van der Waals surface area contributed by atoms with Gasteiger partial charge in [-0.15, -0.1) is 0 Å². The van der Waals surface area contributed by atoms with E-state index in [0.717, 1.165) is 16.7 Å². The number of benzene rings is 1. The van der Waals surface area contributed by atoms with Crippen LogP contribution in [0.25, 0.3) is 0 Å². The predicted molar refractivity (Wildman–Crippen MR) is 76.0 cm³/mol. The maximum atomic E-state index is 12.9. The topological polar surface area (TPSA) is 12.0 Å². The molecule has 1 rings (SSSR count). The van der Waals surface area contributed by atoms with Gasteiger partial charge in [0.1, 0.15) is 5.82 Å². The summed E-state index contributed by atoms with van der Waals surface area (Å²) in [5.41, 5.74) is 0.972. The molecule has 0 unspecified atom stereocenters. The lowest BCUT2D eigenvalue weighted by molar-refractivity contribution is 0.616. The van der Waals surface area contributed by atoms with E-state index in [9.17, 15) is 4.39 Å². The van der Waals surface area contributed by atoms with Gasteiger partial charge in [0.05, 0.1) is 0 Å². The van der Waals surface area contributed by atoms with E-state index in [1.807, 2.05) is 0 Å². The molecule has 17 heavy (non-hydrogen) atoms. The minimum Gasteiger partial charge on any atom is -0.384 e. The zero-order valence-electron chi connectivity index (χ0n) is 10.4. The molecule has 1 N–H and O–H groups in total. The molecule has 1 nitrogen and oxygen atoms in total. The molecule has 0 amide bonds. The van der Waals surface area contributed by atoms with E-state index >= 15 is 0 Å². The fraction of sp³-hybridized carbons (Fsp3) is 0.571. The summed E-state index contributed by atoms with van der Waals surface area (Å²) in [4.78, 5) is 0. The summed E-state index contributed by atoms with van der Waals surface area (Å²) in [5, 5.41) is 3.32. The highest BCUT2D eigenvalue weighted by atomic mass is 79.9. The first-order valence-corrected chi connectivity index (χ1v) is 7.22. The molecular weight excluding hydrogens is 281 g/mol. The van der Waals surface area contributed by atoms with E-state index in [1.165, 1.54) is 50.7 Å². The Labute approximate surface area is 112 Å². The Morgan fingerprint density at radius 2 is 1.82 bits per heavy atom. The van der Waals surface area contributed by atoms with Crippen LogP contribution in [-0.4, -0.2) is 6.54 Å². The standard InChI is InChI=1S/C14H21BrFN/c1-2-3-4-5-6-7-10-17-14-9-8-12(16)11-13(14)15/h8-9,11,17H,2-7,10H2,1H3. The van der Waals surface area contributed by atoms with Crippen molar-refractivity contribution in [2.24, 2.45) is 0 Å². The second-order valence-electron chi connectivity index (χ2n) is 4.32. The maximum absolute atomic E-state index is 12.9. The molecule has 0 aliphatic rings. The van der Waals surface area contributed by atoms with Crippen molar-refractivity contribution in [3.63, 3.8) is 0 Å². The van der Waals surface area contributed by atoms with E-state index in [2.05, 4.69) is 28.2 Å². The monoisotopic (exact) mass is 301 g/mol. The number of rotatable bonds is 8. The zero-order chi connectivity index (χ0) is 12.5. The van der Waals surface area contributed by atoms with Crippen LogP contribution in [0.4, 0.5) is 10.1 Å². The van der Waals surface area contributed by atoms with Gasteiger partial charge < -0.3 is 5.32 Å². The van der Waals surface area contributed by atoms with Crippen LogP contribution in [0.3, 0.4) is 0 Å². The molecule has 1 aromatic rings. The van der Waals surface area contributed by atoms with Gasteiger partial charge in [0.2, 0.25) is 0 Å². The van der Waals surface area contributed by atoms with Crippen LogP contribution in [0.2, 0.25) is 0 Å². The number of anilines is 1.